The summed E-state index contributed by atoms with van der Waals surface area (Å²) in [5.41, 5.74) is 5.38. The Hall–Kier alpha value is -2.76. The number of benzene rings is 1. The molecule has 1 N–H and O–H groups in total. The first kappa shape index (κ1) is 17.3. The Morgan fingerprint density at radius 1 is 1.21 bits per heavy atom. The molecule has 2 aliphatic rings. The van der Waals surface area contributed by atoms with Gasteiger partial charge < -0.3 is 5.32 Å². The van der Waals surface area contributed by atoms with Gasteiger partial charge in [-0.25, -0.2) is 4.98 Å². The van der Waals surface area contributed by atoms with E-state index < -0.39 is 0 Å². The highest BCUT2D eigenvalue weighted by Gasteiger charge is 2.61. The number of hydrogen-bond acceptors (Lipinski definition) is 4. The first-order valence-electron chi connectivity index (χ1n) is 10.0. The molecule has 1 fully saturated rings. The number of imidazole rings is 1. The number of anilines is 1. The maximum absolute atomic E-state index is 11.6. The van der Waals surface area contributed by atoms with Crippen LogP contribution in [0, 0.1) is 5.41 Å². The monoisotopic (exact) mass is 375 g/mol. The van der Waals surface area contributed by atoms with Gasteiger partial charge in [0.15, 0.2) is 0 Å². The van der Waals surface area contributed by atoms with Gasteiger partial charge in [-0.1, -0.05) is 39.8 Å². The molecule has 3 aromatic rings. The van der Waals surface area contributed by atoms with Crippen LogP contribution in [0.4, 0.5) is 5.69 Å². The second-order valence-electron chi connectivity index (χ2n) is 8.85. The lowest BCUT2D eigenvalue weighted by Gasteiger charge is -2.34. The zero-order valence-electron chi connectivity index (χ0n) is 16.8. The van der Waals surface area contributed by atoms with Crippen molar-refractivity contribution in [3.8, 4) is 11.3 Å². The summed E-state index contributed by atoms with van der Waals surface area (Å²) in [5, 5.41) is 11.9. The average Bonchev–Trinajstić information content (AvgIpc) is 3.26. The van der Waals surface area contributed by atoms with Crippen molar-refractivity contribution in [1.82, 2.24) is 19.6 Å². The third-order valence-electron chi connectivity index (χ3n) is 7.28. The fourth-order valence-corrected chi connectivity index (χ4v) is 5.17. The fourth-order valence-electron chi connectivity index (χ4n) is 5.17. The van der Waals surface area contributed by atoms with Gasteiger partial charge in [-0.3, -0.25) is 9.20 Å². The van der Waals surface area contributed by atoms with E-state index in [4.69, 9.17) is 4.98 Å². The summed E-state index contributed by atoms with van der Waals surface area (Å²) >= 11 is 0. The summed E-state index contributed by atoms with van der Waals surface area (Å²) in [4.78, 5) is 16.3. The van der Waals surface area contributed by atoms with Crippen molar-refractivity contribution >= 4 is 17.4 Å². The molecular weight excluding hydrogens is 350 g/mol. The Balaban J connectivity index is 1.57. The van der Waals surface area contributed by atoms with Crippen molar-refractivity contribution in [1.29, 1.82) is 0 Å². The van der Waals surface area contributed by atoms with Gasteiger partial charge >= 0.3 is 0 Å². The molecule has 2 bridgehead atoms. The molecule has 144 valence electrons. The van der Waals surface area contributed by atoms with Crippen molar-refractivity contribution in [3.63, 3.8) is 0 Å². The second-order valence-corrected chi connectivity index (χ2v) is 8.85. The molecule has 5 rings (SSSR count). The van der Waals surface area contributed by atoms with Crippen LogP contribution >= 0.6 is 0 Å². The van der Waals surface area contributed by atoms with E-state index in [1.54, 1.807) is 0 Å². The Morgan fingerprint density at radius 3 is 2.68 bits per heavy atom. The first-order valence-corrected chi connectivity index (χ1v) is 10.0. The molecule has 6 nitrogen and oxygen atoms in total. The Kier molecular flexibility index (Phi) is 3.49. The van der Waals surface area contributed by atoms with E-state index in [2.05, 4.69) is 46.9 Å². The average molecular weight is 375 g/mol. The lowest BCUT2D eigenvalue weighted by molar-refractivity contribution is -0.115. The van der Waals surface area contributed by atoms with Gasteiger partial charge in [-0.15, -0.1) is 10.2 Å². The maximum Gasteiger partial charge on any atom is 0.254 e. The zero-order chi connectivity index (χ0) is 19.7. The van der Waals surface area contributed by atoms with Crippen molar-refractivity contribution in [3.05, 3.63) is 41.9 Å². The second kappa shape index (κ2) is 5.63. The van der Waals surface area contributed by atoms with Crippen LogP contribution in [0.1, 0.15) is 64.3 Å². The van der Waals surface area contributed by atoms with Crippen molar-refractivity contribution in [2.75, 3.05) is 5.32 Å². The van der Waals surface area contributed by atoms with Crippen LogP contribution in [-0.2, 0) is 10.2 Å². The predicted molar refractivity (Wildman–Crippen MR) is 108 cm³/mol. The molecule has 1 saturated carbocycles. The molecule has 0 aliphatic heterocycles. The Labute approximate surface area is 164 Å². The highest BCUT2D eigenvalue weighted by Crippen LogP contribution is 2.66. The lowest BCUT2D eigenvalue weighted by Crippen LogP contribution is -2.32. The van der Waals surface area contributed by atoms with Gasteiger partial charge in [0.1, 0.15) is 0 Å². The molecule has 2 aliphatic carbocycles. The van der Waals surface area contributed by atoms with Crippen LogP contribution < -0.4 is 5.32 Å². The normalized spacial score (nSPS) is 24.5. The quantitative estimate of drug-likeness (QED) is 0.740. The molecule has 2 aromatic heterocycles. The van der Waals surface area contributed by atoms with Crippen LogP contribution in [0.15, 0.2) is 30.5 Å². The molecule has 2 heterocycles. The molecule has 28 heavy (non-hydrogen) atoms. The number of fused-ring (bicyclic) bond motifs is 7. The summed E-state index contributed by atoms with van der Waals surface area (Å²) in [7, 11) is 0. The SMILES string of the molecule is CCC(=O)Nc1ccc(-c2cn3c4c(nnc3n2)C2CCC4(C)C2(C)C)cc1. The molecule has 0 radical (unpaired) electrons. The maximum atomic E-state index is 11.6. The van der Waals surface area contributed by atoms with Gasteiger partial charge in [-0.2, -0.15) is 0 Å². The number of nitrogens with one attached hydrogen (secondary N) is 1. The third-order valence-corrected chi connectivity index (χ3v) is 7.28. The predicted octanol–water partition coefficient (Wildman–Crippen LogP) is 4.31. The van der Waals surface area contributed by atoms with Gasteiger partial charge in [0.2, 0.25) is 5.91 Å². The van der Waals surface area contributed by atoms with Crippen LogP contribution in [0.25, 0.3) is 17.0 Å². The minimum atomic E-state index is 0.0113. The minimum absolute atomic E-state index is 0.0113. The van der Waals surface area contributed by atoms with Gasteiger partial charge in [0, 0.05) is 35.2 Å². The van der Waals surface area contributed by atoms with E-state index in [0.29, 0.717) is 18.1 Å². The smallest absolute Gasteiger partial charge is 0.254 e. The number of carbonyl (C=O) groups excluding carboxylic acids is 1. The number of nitrogens with zero attached hydrogens (tertiary/aromatic N) is 4. The summed E-state index contributed by atoms with van der Waals surface area (Å²) in [6.07, 6.45) is 4.92. The number of aromatic nitrogens is 4. The molecule has 2 unspecified atom stereocenters. The van der Waals surface area contributed by atoms with Crippen LogP contribution in [0.5, 0.6) is 0 Å². The van der Waals surface area contributed by atoms with E-state index in [-0.39, 0.29) is 16.7 Å². The van der Waals surface area contributed by atoms with E-state index in [9.17, 15) is 4.79 Å². The number of rotatable bonds is 3. The molecule has 1 aromatic carbocycles. The molecule has 6 heteroatoms. The number of hydrogen-bond donors (Lipinski definition) is 1. The fraction of sp³-hybridized carbons (Fsp3) is 0.455. The number of carbonyl (C=O) groups is 1. The minimum Gasteiger partial charge on any atom is -0.326 e. The molecule has 1 amide bonds. The Morgan fingerprint density at radius 2 is 1.96 bits per heavy atom. The van der Waals surface area contributed by atoms with E-state index in [0.717, 1.165) is 22.6 Å². The standard InChI is InChI=1S/C22H25N5O/c1-5-17(28)23-14-8-6-13(7-9-14)16-12-27-19-18(25-26-20(27)24-16)15-10-11-22(19,4)21(15,2)3/h6-9,12,15H,5,10-11H2,1-4H3,(H,23,28). The highest BCUT2D eigenvalue weighted by molar-refractivity contribution is 5.90. The van der Waals surface area contributed by atoms with Gasteiger partial charge in [0.25, 0.3) is 5.78 Å². The van der Waals surface area contributed by atoms with E-state index in [1.165, 1.54) is 18.5 Å². The van der Waals surface area contributed by atoms with Gasteiger partial charge in [0.05, 0.1) is 17.1 Å². The third kappa shape index (κ3) is 2.14. The summed E-state index contributed by atoms with van der Waals surface area (Å²) in [5.74, 6) is 1.13. The highest BCUT2D eigenvalue weighted by atomic mass is 16.1. The molecule has 0 spiro atoms. The van der Waals surface area contributed by atoms with E-state index >= 15 is 0 Å². The lowest BCUT2D eigenvalue weighted by atomic mass is 9.70. The van der Waals surface area contributed by atoms with Crippen molar-refractivity contribution < 1.29 is 4.79 Å². The molecule has 2 atom stereocenters. The number of amides is 1. The van der Waals surface area contributed by atoms with Crippen LogP contribution in [-0.4, -0.2) is 25.5 Å². The first-order chi connectivity index (χ1) is 13.3. The zero-order valence-corrected chi connectivity index (χ0v) is 16.8. The topological polar surface area (TPSA) is 72.2 Å². The summed E-state index contributed by atoms with van der Waals surface area (Å²) < 4.78 is 2.16. The van der Waals surface area contributed by atoms with Gasteiger partial charge in [-0.05, 0) is 30.4 Å². The van der Waals surface area contributed by atoms with Crippen LogP contribution in [0.3, 0.4) is 0 Å². The Bertz CT molecular complexity index is 1100. The molecule has 0 saturated heterocycles. The van der Waals surface area contributed by atoms with Crippen molar-refractivity contribution in [2.24, 2.45) is 5.41 Å². The largest absolute Gasteiger partial charge is 0.326 e. The van der Waals surface area contributed by atoms with Crippen molar-refractivity contribution in [2.45, 2.75) is 58.3 Å². The van der Waals surface area contributed by atoms with Crippen LogP contribution in [0.2, 0.25) is 0 Å². The molecular formula is C22H25N5O. The summed E-state index contributed by atoms with van der Waals surface area (Å²) in [6.45, 7) is 8.93. The van der Waals surface area contributed by atoms with E-state index in [1.807, 2.05) is 31.2 Å². The summed E-state index contributed by atoms with van der Waals surface area (Å²) in [6, 6.07) is 7.79.